The average Bonchev–Trinajstić information content (AvgIpc) is 3.32. The van der Waals surface area contributed by atoms with Crippen LogP contribution in [0.2, 0.25) is 5.02 Å². The van der Waals surface area contributed by atoms with E-state index < -0.39 is 11.7 Å². The second kappa shape index (κ2) is 12.8. The van der Waals surface area contributed by atoms with E-state index in [4.69, 9.17) is 21.5 Å². The van der Waals surface area contributed by atoms with Crippen LogP contribution < -0.4 is 16.1 Å². The molecule has 0 aliphatic rings. The number of benzene rings is 2. The lowest BCUT2D eigenvalue weighted by atomic mass is 10.1. The first-order valence-electron chi connectivity index (χ1n) is 11.5. The zero-order valence-corrected chi connectivity index (χ0v) is 22.2. The van der Waals surface area contributed by atoms with Crippen LogP contribution in [0, 0.1) is 5.82 Å². The highest BCUT2D eigenvalue weighted by Gasteiger charge is 2.23. The van der Waals surface area contributed by atoms with E-state index in [1.807, 2.05) is 6.07 Å². The molecule has 0 aliphatic carbocycles. The summed E-state index contributed by atoms with van der Waals surface area (Å²) in [5.41, 5.74) is 3.33. The second-order valence-electron chi connectivity index (χ2n) is 8.02. The van der Waals surface area contributed by atoms with E-state index in [-0.39, 0.29) is 55.4 Å². The van der Waals surface area contributed by atoms with Gasteiger partial charge in [-0.3, -0.25) is 19.4 Å². The molecule has 198 valence electrons. The summed E-state index contributed by atoms with van der Waals surface area (Å²) in [6, 6.07) is 11.8. The Kier molecular flexibility index (Phi) is 9.24. The number of hydroxylamine groups is 1. The summed E-state index contributed by atoms with van der Waals surface area (Å²) in [6.07, 6.45) is 3.14. The van der Waals surface area contributed by atoms with Crippen molar-refractivity contribution in [2.75, 3.05) is 18.5 Å². The Balaban J connectivity index is 1.60. The van der Waals surface area contributed by atoms with Crippen molar-refractivity contribution < 1.29 is 23.9 Å². The summed E-state index contributed by atoms with van der Waals surface area (Å²) in [6.45, 7) is 0.00787. The van der Waals surface area contributed by atoms with Crippen molar-refractivity contribution in [2.45, 2.75) is 19.5 Å². The van der Waals surface area contributed by atoms with Crippen LogP contribution in [-0.2, 0) is 22.7 Å². The number of halogens is 3. The number of aliphatic hydroxyl groups is 1. The Hall–Kier alpha value is -3.58. The smallest absolute Gasteiger partial charge is 0.277 e. The minimum absolute atomic E-state index is 0.00227. The minimum atomic E-state index is -0.785. The highest BCUT2D eigenvalue weighted by atomic mass is 79.9. The number of aromatic nitrogens is 3. The molecule has 2 aromatic heterocycles. The van der Waals surface area contributed by atoms with Gasteiger partial charge in [0.05, 0.1) is 59.3 Å². The molecule has 0 aliphatic heterocycles. The number of hydrogen-bond donors (Lipinski definition) is 4. The van der Waals surface area contributed by atoms with Crippen molar-refractivity contribution in [1.29, 1.82) is 0 Å². The fourth-order valence-electron chi connectivity index (χ4n) is 3.58. The van der Waals surface area contributed by atoms with Gasteiger partial charge in [0.15, 0.2) is 5.82 Å². The van der Waals surface area contributed by atoms with Crippen molar-refractivity contribution in [2.24, 2.45) is 0 Å². The van der Waals surface area contributed by atoms with Crippen molar-refractivity contribution in [3.05, 3.63) is 81.6 Å². The molecule has 0 radical (unpaired) electrons. The molecule has 0 atom stereocenters. The van der Waals surface area contributed by atoms with Crippen molar-refractivity contribution in [3.8, 4) is 0 Å². The minimum Gasteiger partial charge on any atom is -0.394 e. The molecule has 2 aromatic carbocycles. The van der Waals surface area contributed by atoms with E-state index >= 15 is 4.39 Å². The zero-order chi connectivity index (χ0) is 27.1. The number of rotatable bonds is 11. The van der Waals surface area contributed by atoms with Gasteiger partial charge in [0.1, 0.15) is 5.52 Å². The highest BCUT2D eigenvalue weighted by molar-refractivity contribution is 9.10. The van der Waals surface area contributed by atoms with E-state index in [1.54, 1.807) is 41.1 Å². The molecular formula is C25H23BrClFN6O4. The van der Waals surface area contributed by atoms with Gasteiger partial charge in [-0.15, -0.1) is 0 Å². The van der Waals surface area contributed by atoms with Crippen LogP contribution in [0.1, 0.15) is 22.5 Å². The Labute approximate surface area is 230 Å². The summed E-state index contributed by atoms with van der Waals surface area (Å²) in [5, 5.41) is 14.9. The van der Waals surface area contributed by atoms with Crippen molar-refractivity contribution >= 4 is 61.8 Å². The van der Waals surface area contributed by atoms with Crippen LogP contribution >= 0.6 is 27.5 Å². The number of aryl methyl sites for hydroxylation is 1. The number of nitrogens with zero attached hydrogens (tertiary/aromatic N) is 3. The number of carbonyl (C=O) groups is 2. The number of pyridine rings is 1. The number of carbonyl (C=O) groups excluding carboxylic acids is 2. The van der Waals surface area contributed by atoms with Crippen LogP contribution in [-0.4, -0.2) is 44.7 Å². The Morgan fingerprint density at radius 2 is 2.03 bits per heavy atom. The first-order chi connectivity index (χ1) is 18.4. The summed E-state index contributed by atoms with van der Waals surface area (Å²) < 4.78 is 18.1. The van der Waals surface area contributed by atoms with E-state index in [0.717, 1.165) is 10.2 Å². The first-order valence-corrected chi connectivity index (χ1v) is 12.6. The maximum atomic E-state index is 15.8. The summed E-state index contributed by atoms with van der Waals surface area (Å²) in [7, 11) is 0. The topological polar surface area (TPSA) is 130 Å². The maximum Gasteiger partial charge on any atom is 0.277 e. The van der Waals surface area contributed by atoms with Gasteiger partial charge in [-0.05, 0) is 36.4 Å². The molecule has 0 saturated heterocycles. The van der Waals surface area contributed by atoms with Gasteiger partial charge in [-0.1, -0.05) is 33.6 Å². The van der Waals surface area contributed by atoms with Crippen LogP contribution in [0.3, 0.4) is 0 Å². The molecule has 0 unspecified atom stereocenters. The number of nitrogens with one attached hydrogen (secondary N) is 3. The molecule has 4 N–H and O–H groups in total. The SMILES string of the molecule is O=C(CCn1cnc2c(F)c(Nc3ccc(Br)cc3Cl)c(C(=O)NOCCO)cc21)NCc1ccccn1. The lowest BCUT2D eigenvalue weighted by molar-refractivity contribution is -0.121. The summed E-state index contributed by atoms with van der Waals surface area (Å²) in [5.74, 6) is -1.76. The van der Waals surface area contributed by atoms with Crippen molar-refractivity contribution in [3.63, 3.8) is 0 Å². The van der Waals surface area contributed by atoms with Crippen LogP contribution in [0.25, 0.3) is 11.0 Å². The molecule has 13 heteroatoms. The third kappa shape index (κ3) is 6.64. The lowest BCUT2D eigenvalue weighted by Gasteiger charge is -2.15. The van der Waals surface area contributed by atoms with Gasteiger partial charge in [0.2, 0.25) is 5.91 Å². The molecule has 0 bridgehead atoms. The van der Waals surface area contributed by atoms with Gasteiger partial charge in [0.25, 0.3) is 5.91 Å². The largest absolute Gasteiger partial charge is 0.394 e. The molecule has 10 nitrogen and oxygen atoms in total. The summed E-state index contributed by atoms with van der Waals surface area (Å²) >= 11 is 9.61. The molecule has 2 amide bonds. The van der Waals surface area contributed by atoms with Gasteiger partial charge in [-0.25, -0.2) is 14.9 Å². The van der Waals surface area contributed by atoms with E-state index in [1.165, 1.54) is 12.4 Å². The van der Waals surface area contributed by atoms with Crippen molar-refractivity contribution in [1.82, 2.24) is 25.3 Å². The van der Waals surface area contributed by atoms with E-state index in [0.29, 0.717) is 16.2 Å². The standard InChI is InChI=1S/C25H23BrClFN6O4/c26-15-4-5-19(18(27)11-15)32-23-17(25(37)33-38-10-9-35)12-20-24(22(23)28)31-14-34(20)8-6-21(36)30-13-16-3-1-2-7-29-16/h1-5,7,11-12,14,32,35H,6,8-10,13H2,(H,30,36)(H,33,37). The highest BCUT2D eigenvalue weighted by Crippen LogP contribution is 2.34. The lowest BCUT2D eigenvalue weighted by Crippen LogP contribution is -2.26. The number of fused-ring (bicyclic) bond motifs is 1. The molecule has 0 saturated carbocycles. The number of imidazole rings is 1. The quantitative estimate of drug-likeness (QED) is 0.150. The molecule has 4 rings (SSSR count). The number of amides is 2. The van der Waals surface area contributed by atoms with Crippen LogP contribution in [0.15, 0.2) is 59.5 Å². The first kappa shape index (κ1) is 27.5. The van der Waals surface area contributed by atoms with Gasteiger partial charge in [-0.2, -0.15) is 0 Å². The Morgan fingerprint density at radius 1 is 1.18 bits per heavy atom. The average molecular weight is 606 g/mol. The van der Waals surface area contributed by atoms with Gasteiger partial charge >= 0.3 is 0 Å². The zero-order valence-electron chi connectivity index (χ0n) is 19.9. The third-order valence-electron chi connectivity index (χ3n) is 5.42. The Bertz CT molecular complexity index is 1450. The van der Waals surface area contributed by atoms with E-state index in [9.17, 15) is 9.59 Å². The third-order valence-corrected chi connectivity index (χ3v) is 6.23. The normalized spacial score (nSPS) is 10.9. The molecule has 38 heavy (non-hydrogen) atoms. The number of anilines is 2. The number of aliphatic hydroxyl groups excluding tert-OH is 1. The predicted molar refractivity (Wildman–Crippen MR) is 143 cm³/mol. The molecule has 0 fully saturated rings. The van der Waals surface area contributed by atoms with Crippen LogP contribution in [0.5, 0.6) is 0 Å². The van der Waals surface area contributed by atoms with Gasteiger partial charge < -0.3 is 20.3 Å². The molecular weight excluding hydrogens is 583 g/mol. The predicted octanol–water partition coefficient (Wildman–Crippen LogP) is 4.09. The maximum absolute atomic E-state index is 15.8. The second-order valence-corrected chi connectivity index (χ2v) is 9.34. The van der Waals surface area contributed by atoms with Crippen LogP contribution in [0.4, 0.5) is 15.8 Å². The molecule has 0 spiro atoms. The molecule has 4 aromatic rings. The van der Waals surface area contributed by atoms with Gasteiger partial charge in [0, 0.05) is 23.6 Å². The summed E-state index contributed by atoms with van der Waals surface area (Å²) in [4.78, 5) is 38.6. The number of hydrogen-bond acceptors (Lipinski definition) is 7. The van der Waals surface area contributed by atoms with E-state index in [2.05, 4.69) is 42.0 Å². The molecule has 2 heterocycles. The fraction of sp³-hybridized carbons (Fsp3) is 0.200. The Morgan fingerprint density at radius 3 is 2.76 bits per heavy atom. The monoisotopic (exact) mass is 604 g/mol. The fourth-order valence-corrected chi connectivity index (χ4v) is 4.30.